The molecule has 1 amide bonds. The van der Waals surface area contributed by atoms with Crippen molar-refractivity contribution in [3.63, 3.8) is 0 Å². The molecule has 16 heavy (non-hydrogen) atoms. The molecule has 0 N–H and O–H groups in total. The van der Waals surface area contributed by atoms with E-state index < -0.39 is 0 Å². The van der Waals surface area contributed by atoms with E-state index in [2.05, 4.69) is 6.92 Å². The lowest BCUT2D eigenvalue weighted by Gasteiger charge is -2.18. The van der Waals surface area contributed by atoms with Crippen LogP contribution in [0.5, 0.6) is 0 Å². The van der Waals surface area contributed by atoms with Crippen LogP contribution in [0.25, 0.3) is 0 Å². The third-order valence-corrected chi connectivity index (χ3v) is 2.19. The van der Waals surface area contributed by atoms with E-state index >= 15 is 0 Å². The van der Waals surface area contributed by atoms with Gasteiger partial charge in [0.1, 0.15) is 0 Å². The van der Waals surface area contributed by atoms with Gasteiger partial charge in [-0.15, -0.1) is 0 Å². The molecule has 0 aliphatic rings. The Morgan fingerprint density at radius 1 is 0.938 bits per heavy atom. The maximum absolute atomic E-state index is 11.6. The second-order valence-electron chi connectivity index (χ2n) is 3.65. The van der Waals surface area contributed by atoms with Crippen molar-refractivity contribution in [3.8, 4) is 0 Å². The molecule has 0 aromatic carbocycles. The minimum Gasteiger partial charge on any atom is -0.270 e. The third-order valence-electron chi connectivity index (χ3n) is 2.19. The standard InChI is InChI=1S/C12H25NO3/c1-4-7-8-9-10-11-12(14)13(15-5-2)16-6-3/h4-11H2,1-3H3. The highest BCUT2D eigenvalue weighted by Gasteiger charge is 2.13. The Kier molecular flexibility index (Phi) is 10.5. The Morgan fingerprint density at radius 3 is 2.00 bits per heavy atom. The highest BCUT2D eigenvalue weighted by Crippen LogP contribution is 2.07. The van der Waals surface area contributed by atoms with Gasteiger partial charge in [-0.1, -0.05) is 37.8 Å². The number of hydroxylamine groups is 2. The van der Waals surface area contributed by atoms with Crippen LogP contribution >= 0.6 is 0 Å². The molecular formula is C12H25NO3. The van der Waals surface area contributed by atoms with Gasteiger partial charge in [-0.2, -0.15) is 0 Å². The Bertz CT molecular complexity index is 168. The van der Waals surface area contributed by atoms with Crippen molar-refractivity contribution < 1.29 is 14.5 Å². The summed E-state index contributed by atoms with van der Waals surface area (Å²) in [6.07, 6.45) is 6.19. The van der Waals surface area contributed by atoms with E-state index in [-0.39, 0.29) is 5.91 Å². The zero-order valence-electron chi connectivity index (χ0n) is 10.8. The molecule has 96 valence electrons. The molecule has 0 aromatic heterocycles. The van der Waals surface area contributed by atoms with E-state index in [1.165, 1.54) is 19.3 Å². The fourth-order valence-electron chi connectivity index (χ4n) is 1.39. The number of hydrogen-bond donors (Lipinski definition) is 0. The topological polar surface area (TPSA) is 38.8 Å². The Hall–Kier alpha value is -0.610. The van der Waals surface area contributed by atoms with Crippen LogP contribution in [-0.4, -0.2) is 24.3 Å². The van der Waals surface area contributed by atoms with E-state index in [9.17, 15) is 4.79 Å². The van der Waals surface area contributed by atoms with Gasteiger partial charge in [0.25, 0.3) is 5.91 Å². The summed E-state index contributed by atoms with van der Waals surface area (Å²) >= 11 is 0. The molecule has 0 unspecified atom stereocenters. The molecule has 0 atom stereocenters. The summed E-state index contributed by atoms with van der Waals surface area (Å²) in [6.45, 7) is 6.74. The lowest BCUT2D eigenvalue weighted by molar-refractivity contribution is -0.338. The first kappa shape index (κ1) is 15.4. The van der Waals surface area contributed by atoms with Crippen LogP contribution in [0.2, 0.25) is 0 Å². The van der Waals surface area contributed by atoms with Crippen molar-refractivity contribution in [1.82, 2.24) is 5.23 Å². The SMILES string of the molecule is CCCCCCCC(=O)N(OCC)OCC. The third kappa shape index (κ3) is 7.65. The molecule has 4 heteroatoms. The van der Waals surface area contributed by atoms with Gasteiger partial charge in [0, 0.05) is 6.42 Å². The largest absolute Gasteiger partial charge is 0.273 e. The lowest BCUT2D eigenvalue weighted by Crippen LogP contribution is -2.31. The van der Waals surface area contributed by atoms with E-state index in [0.29, 0.717) is 19.6 Å². The van der Waals surface area contributed by atoms with Gasteiger partial charge in [-0.3, -0.25) is 4.79 Å². The zero-order valence-corrected chi connectivity index (χ0v) is 10.8. The molecule has 0 bridgehead atoms. The summed E-state index contributed by atoms with van der Waals surface area (Å²) in [6, 6.07) is 0. The van der Waals surface area contributed by atoms with Gasteiger partial charge in [0.15, 0.2) is 0 Å². The molecule has 0 saturated carbocycles. The number of unbranched alkanes of at least 4 members (excludes halogenated alkanes) is 4. The summed E-state index contributed by atoms with van der Waals surface area (Å²) < 4.78 is 0. The van der Waals surface area contributed by atoms with Gasteiger partial charge < -0.3 is 0 Å². The fourth-order valence-corrected chi connectivity index (χ4v) is 1.39. The van der Waals surface area contributed by atoms with Crippen LogP contribution in [0, 0.1) is 0 Å². The maximum Gasteiger partial charge on any atom is 0.273 e. The summed E-state index contributed by atoms with van der Waals surface area (Å²) in [4.78, 5) is 21.8. The van der Waals surface area contributed by atoms with Crippen LogP contribution < -0.4 is 0 Å². The van der Waals surface area contributed by atoms with Gasteiger partial charge in [0.05, 0.1) is 13.2 Å². The monoisotopic (exact) mass is 231 g/mol. The molecule has 0 spiro atoms. The smallest absolute Gasteiger partial charge is 0.270 e. The number of carbonyl (C=O) groups excluding carboxylic acids is 1. The first-order valence-electron chi connectivity index (χ1n) is 6.35. The second-order valence-corrected chi connectivity index (χ2v) is 3.65. The normalized spacial score (nSPS) is 10.4. The van der Waals surface area contributed by atoms with E-state index in [1.54, 1.807) is 0 Å². The zero-order chi connectivity index (χ0) is 12.2. The maximum atomic E-state index is 11.6. The molecule has 0 aliphatic carbocycles. The van der Waals surface area contributed by atoms with Crippen molar-refractivity contribution >= 4 is 5.91 Å². The number of nitrogens with zero attached hydrogens (tertiary/aromatic N) is 1. The second kappa shape index (κ2) is 10.9. The molecule has 0 radical (unpaired) electrons. The predicted molar refractivity (Wildman–Crippen MR) is 63.5 cm³/mol. The number of hydrogen-bond acceptors (Lipinski definition) is 3. The van der Waals surface area contributed by atoms with E-state index in [0.717, 1.165) is 18.1 Å². The number of rotatable bonds is 10. The number of carbonyl (C=O) groups is 1. The minimum atomic E-state index is -0.0831. The van der Waals surface area contributed by atoms with Crippen LogP contribution in [0.4, 0.5) is 0 Å². The van der Waals surface area contributed by atoms with Gasteiger partial charge >= 0.3 is 0 Å². The molecule has 0 heterocycles. The molecule has 0 saturated heterocycles. The van der Waals surface area contributed by atoms with Crippen LogP contribution in [0.3, 0.4) is 0 Å². The van der Waals surface area contributed by atoms with Crippen molar-refractivity contribution in [2.24, 2.45) is 0 Å². The van der Waals surface area contributed by atoms with Crippen molar-refractivity contribution in [2.45, 2.75) is 59.3 Å². The average molecular weight is 231 g/mol. The molecule has 4 nitrogen and oxygen atoms in total. The van der Waals surface area contributed by atoms with Crippen molar-refractivity contribution in [1.29, 1.82) is 0 Å². The fraction of sp³-hybridized carbons (Fsp3) is 0.917. The van der Waals surface area contributed by atoms with Crippen molar-refractivity contribution in [2.75, 3.05) is 13.2 Å². The highest BCUT2D eigenvalue weighted by molar-refractivity contribution is 5.73. The molecular weight excluding hydrogens is 206 g/mol. The highest BCUT2D eigenvalue weighted by atomic mass is 17.0. The Balaban J connectivity index is 3.65. The molecule has 0 aromatic rings. The first-order chi connectivity index (χ1) is 7.76. The van der Waals surface area contributed by atoms with E-state index in [4.69, 9.17) is 9.68 Å². The van der Waals surface area contributed by atoms with Crippen LogP contribution in [0.1, 0.15) is 59.3 Å². The van der Waals surface area contributed by atoms with Crippen LogP contribution in [0.15, 0.2) is 0 Å². The van der Waals surface area contributed by atoms with E-state index in [1.807, 2.05) is 13.8 Å². The first-order valence-corrected chi connectivity index (χ1v) is 6.35. The summed E-state index contributed by atoms with van der Waals surface area (Å²) in [7, 11) is 0. The van der Waals surface area contributed by atoms with Crippen LogP contribution in [-0.2, 0) is 14.5 Å². The predicted octanol–water partition coefficient (Wildman–Crippen LogP) is 3.08. The quantitative estimate of drug-likeness (QED) is 0.428. The number of amides is 1. The Labute approximate surface area is 98.8 Å². The van der Waals surface area contributed by atoms with Gasteiger partial charge in [-0.05, 0) is 20.3 Å². The lowest BCUT2D eigenvalue weighted by atomic mass is 10.1. The molecule has 0 rings (SSSR count). The summed E-state index contributed by atoms with van der Waals surface area (Å²) in [5, 5.41) is 1.03. The molecule has 0 aliphatic heterocycles. The Morgan fingerprint density at radius 2 is 1.50 bits per heavy atom. The van der Waals surface area contributed by atoms with Gasteiger partial charge in [0.2, 0.25) is 0 Å². The van der Waals surface area contributed by atoms with Gasteiger partial charge in [-0.25, -0.2) is 9.68 Å². The average Bonchev–Trinajstić information content (AvgIpc) is 2.28. The minimum absolute atomic E-state index is 0.0831. The summed E-state index contributed by atoms with van der Waals surface area (Å²) in [5.74, 6) is -0.0831. The molecule has 0 fully saturated rings. The van der Waals surface area contributed by atoms with Crippen molar-refractivity contribution in [3.05, 3.63) is 0 Å². The summed E-state index contributed by atoms with van der Waals surface area (Å²) in [5.41, 5.74) is 0.